The zero-order valence-corrected chi connectivity index (χ0v) is 16.3. The maximum atomic E-state index is 12.8. The summed E-state index contributed by atoms with van der Waals surface area (Å²) in [4.78, 5) is 33.0. The van der Waals surface area contributed by atoms with Crippen LogP contribution in [0.25, 0.3) is 0 Å². The molecule has 0 aromatic heterocycles. The average molecular weight is 379 g/mol. The van der Waals surface area contributed by atoms with Crippen molar-refractivity contribution in [3.05, 3.63) is 29.3 Å². The first-order chi connectivity index (χ1) is 12.4. The highest BCUT2D eigenvalue weighted by molar-refractivity contribution is 6.30. The van der Waals surface area contributed by atoms with Crippen LogP contribution in [0.2, 0.25) is 5.02 Å². The molecule has 0 aliphatic carbocycles. The van der Waals surface area contributed by atoms with Crippen molar-refractivity contribution in [3.8, 4) is 0 Å². The van der Waals surface area contributed by atoms with Crippen LogP contribution in [0.3, 0.4) is 0 Å². The van der Waals surface area contributed by atoms with Crippen LogP contribution >= 0.6 is 11.6 Å². The van der Waals surface area contributed by atoms with Gasteiger partial charge in [0.15, 0.2) is 0 Å². The lowest BCUT2D eigenvalue weighted by Gasteiger charge is -2.37. The predicted octanol–water partition coefficient (Wildman–Crippen LogP) is 1.40. The normalized spacial score (nSPS) is 21.0. The van der Waals surface area contributed by atoms with E-state index in [1.165, 1.54) is 0 Å². The van der Waals surface area contributed by atoms with E-state index in [9.17, 15) is 9.59 Å². The topological polar surface area (TPSA) is 47.1 Å². The molecule has 0 saturated carbocycles. The number of carbonyl (C=O) groups excluding carboxylic acids is 2. The summed E-state index contributed by atoms with van der Waals surface area (Å²) in [6.07, 6.45) is 0.348. The van der Waals surface area contributed by atoms with Gasteiger partial charge in [0.25, 0.3) is 0 Å². The summed E-state index contributed by atoms with van der Waals surface area (Å²) in [7, 11) is 3.98. The van der Waals surface area contributed by atoms with E-state index in [-0.39, 0.29) is 17.7 Å². The Balaban J connectivity index is 1.51. The summed E-state index contributed by atoms with van der Waals surface area (Å²) in [6, 6.07) is 7.81. The third-order valence-corrected chi connectivity index (χ3v) is 5.38. The van der Waals surface area contributed by atoms with Gasteiger partial charge in [0.2, 0.25) is 11.8 Å². The molecule has 3 rings (SSSR count). The molecule has 7 heteroatoms. The van der Waals surface area contributed by atoms with Crippen LogP contribution < -0.4 is 4.90 Å². The first-order valence-corrected chi connectivity index (χ1v) is 9.53. The van der Waals surface area contributed by atoms with Crippen LogP contribution in [0.5, 0.6) is 0 Å². The average Bonchev–Trinajstić information content (AvgIpc) is 3.00. The number of nitrogens with zero attached hydrogens (tertiary/aromatic N) is 4. The number of halogens is 1. The van der Waals surface area contributed by atoms with Gasteiger partial charge in [-0.3, -0.25) is 9.59 Å². The third-order valence-electron chi connectivity index (χ3n) is 5.15. The molecule has 26 heavy (non-hydrogen) atoms. The summed E-state index contributed by atoms with van der Waals surface area (Å²) in [6.45, 7) is 5.03. The van der Waals surface area contributed by atoms with E-state index in [0.29, 0.717) is 32.6 Å². The standard InChI is InChI=1S/C19H27ClN4O2/c1-21(2)6-7-24-14-15(12-18(24)25)19(26)23-10-8-22(9-11-23)17-5-3-4-16(20)13-17/h3-5,13,15H,6-12,14H2,1-2H3. The number of piperazine rings is 1. The third kappa shape index (κ3) is 4.48. The predicted molar refractivity (Wildman–Crippen MR) is 103 cm³/mol. The number of carbonyl (C=O) groups is 2. The Hall–Kier alpha value is -1.79. The van der Waals surface area contributed by atoms with E-state index < -0.39 is 0 Å². The van der Waals surface area contributed by atoms with Gasteiger partial charge in [0.05, 0.1) is 5.92 Å². The number of hydrogen-bond acceptors (Lipinski definition) is 4. The monoisotopic (exact) mass is 378 g/mol. The minimum atomic E-state index is -0.192. The van der Waals surface area contributed by atoms with Gasteiger partial charge < -0.3 is 19.6 Å². The minimum Gasteiger partial charge on any atom is -0.368 e. The molecule has 142 valence electrons. The first kappa shape index (κ1) is 19.0. The SMILES string of the molecule is CN(C)CCN1CC(C(=O)N2CCN(c3cccc(Cl)c3)CC2)CC1=O. The fraction of sp³-hybridized carbons (Fsp3) is 0.579. The Bertz CT molecular complexity index is 659. The quantitative estimate of drug-likeness (QED) is 0.777. The summed E-state index contributed by atoms with van der Waals surface area (Å²) in [5.74, 6) is 0.0293. The molecule has 2 amide bonds. The second-order valence-corrected chi connectivity index (χ2v) is 7.77. The second kappa shape index (κ2) is 8.27. The van der Waals surface area contributed by atoms with E-state index >= 15 is 0 Å². The van der Waals surface area contributed by atoms with Gasteiger partial charge in [-0.25, -0.2) is 0 Å². The fourth-order valence-electron chi connectivity index (χ4n) is 3.59. The van der Waals surface area contributed by atoms with E-state index in [4.69, 9.17) is 11.6 Å². The van der Waals surface area contributed by atoms with Crippen molar-refractivity contribution in [3.63, 3.8) is 0 Å². The van der Waals surface area contributed by atoms with Crippen LogP contribution in [0.4, 0.5) is 5.69 Å². The van der Waals surface area contributed by atoms with Gasteiger partial charge in [0.1, 0.15) is 0 Å². The van der Waals surface area contributed by atoms with Gasteiger partial charge in [0, 0.05) is 62.9 Å². The number of benzene rings is 1. The number of amides is 2. The highest BCUT2D eigenvalue weighted by atomic mass is 35.5. The molecule has 2 saturated heterocycles. The van der Waals surface area contributed by atoms with E-state index in [2.05, 4.69) is 9.80 Å². The van der Waals surface area contributed by atoms with Crippen LogP contribution in [0.15, 0.2) is 24.3 Å². The molecule has 6 nitrogen and oxygen atoms in total. The summed E-state index contributed by atoms with van der Waals surface area (Å²) in [5.41, 5.74) is 1.09. The van der Waals surface area contributed by atoms with Gasteiger partial charge in [-0.2, -0.15) is 0 Å². The molecule has 1 atom stereocenters. The van der Waals surface area contributed by atoms with Crippen molar-refractivity contribution in [2.45, 2.75) is 6.42 Å². The second-order valence-electron chi connectivity index (χ2n) is 7.34. The fourth-order valence-corrected chi connectivity index (χ4v) is 3.77. The highest BCUT2D eigenvalue weighted by Gasteiger charge is 2.37. The van der Waals surface area contributed by atoms with Crippen molar-refractivity contribution in [2.75, 3.05) is 64.8 Å². The minimum absolute atomic E-state index is 0.0998. The Morgan fingerprint density at radius 1 is 1.23 bits per heavy atom. The molecule has 2 fully saturated rings. The number of hydrogen-bond donors (Lipinski definition) is 0. The number of likely N-dealkylation sites (tertiary alicyclic amines) is 1. The van der Waals surface area contributed by atoms with E-state index in [1.54, 1.807) is 0 Å². The molecular weight excluding hydrogens is 352 g/mol. The van der Waals surface area contributed by atoms with Crippen LogP contribution in [-0.2, 0) is 9.59 Å². The molecule has 0 spiro atoms. The van der Waals surface area contributed by atoms with E-state index in [1.807, 2.05) is 48.2 Å². The molecule has 2 heterocycles. The van der Waals surface area contributed by atoms with Crippen molar-refractivity contribution in [1.29, 1.82) is 0 Å². The molecule has 0 N–H and O–H groups in total. The van der Waals surface area contributed by atoms with Crippen LogP contribution in [-0.4, -0.2) is 86.4 Å². The maximum absolute atomic E-state index is 12.8. The Labute approximate surface area is 160 Å². The molecule has 1 aromatic carbocycles. The highest BCUT2D eigenvalue weighted by Crippen LogP contribution is 2.23. The van der Waals surface area contributed by atoms with Gasteiger partial charge in [-0.15, -0.1) is 0 Å². The lowest BCUT2D eigenvalue weighted by atomic mass is 10.1. The summed E-state index contributed by atoms with van der Waals surface area (Å²) < 4.78 is 0. The molecule has 0 bridgehead atoms. The van der Waals surface area contributed by atoms with Gasteiger partial charge >= 0.3 is 0 Å². The van der Waals surface area contributed by atoms with Crippen molar-refractivity contribution in [2.24, 2.45) is 5.92 Å². The molecule has 2 aliphatic heterocycles. The first-order valence-electron chi connectivity index (χ1n) is 9.16. The smallest absolute Gasteiger partial charge is 0.228 e. The Morgan fingerprint density at radius 3 is 2.62 bits per heavy atom. The van der Waals surface area contributed by atoms with Crippen molar-refractivity contribution >= 4 is 29.1 Å². The summed E-state index contributed by atoms with van der Waals surface area (Å²) >= 11 is 6.07. The molecule has 2 aliphatic rings. The molecule has 0 radical (unpaired) electrons. The Kier molecular flexibility index (Phi) is 6.04. The van der Waals surface area contributed by atoms with Crippen molar-refractivity contribution in [1.82, 2.24) is 14.7 Å². The summed E-state index contributed by atoms with van der Waals surface area (Å²) in [5, 5.41) is 0.725. The molecular formula is C19H27ClN4O2. The molecule has 1 aromatic rings. The lowest BCUT2D eigenvalue weighted by Crippen LogP contribution is -2.50. The van der Waals surface area contributed by atoms with Gasteiger partial charge in [-0.1, -0.05) is 17.7 Å². The number of likely N-dealkylation sites (N-methyl/N-ethyl adjacent to an activating group) is 1. The van der Waals surface area contributed by atoms with Crippen LogP contribution in [0.1, 0.15) is 6.42 Å². The zero-order chi connectivity index (χ0) is 18.7. The molecule has 1 unspecified atom stereocenters. The Morgan fingerprint density at radius 2 is 1.96 bits per heavy atom. The van der Waals surface area contributed by atoms with Crippen LogP contribution in [0, 0.1) is 5.92 Å². The van der Waals surface area contributed by atoms with Gasteiger partial charge in [-0.05, 0) is 32.3 Å². The zero-order valence-electron chi connectivity index (χ0n) is 15.5. The van der Waals surface area contributed by atoms with Crippen molar-refractivity contribution < 1.29 is 9.59 Å². The largest absolute Gasteiger partial charge is 0.368 e. The number of rotatable bonds is 5. The van der Waals surface area contributed by atoms with E-state index in [0.717, 1.165) is 30.3 Å². The maximum Gasteiger partial charge on any atom is 0.228 e. The number of anilines is 1. The lowest BCUT2D eigenvalue weighted by molar-refractivity contribution is -0.136.